The van der Waals surface area contributed by atoms with Gasteiger partial charge in [0.2, 0.25) is 0 Å². The lowest BCUT2D eigenvalue weighted by atomic mass is 10.1. The van der Waals surface area contributed by atoms with Crippen molar-refractivity contribution in [3.05, 3.63) is 29.0 Å². The molecule has 2 rings (SSSR count). The monoisotopic (exact) mass is 210 g/mol. The van der Waals surface area contributed by atoms with Crippen LogP contribution >= 0.6 is 11.6 Å². The van der Waals surface area contributed by atoms with E-state index in [4.69, 9.17) is 11.6 Å². The zero-order chi connectivity index (χ0) is 10.1. The maximum atomic E-state index is 11.6. The molecule has 2 heterocycles. The number of ketones is 1. The Morgan fingerprint density at radius 3 is 2.93 bits per heavy atom. The molecule has 1 aliphatic rings. The van der Waals surface area contributed by atoms with Crippen molar-refractivity contribution >= 4 is 17.4 Å². The maximum absolute atomic E-state index is 11.6. The van der Waals surface area contributed by atoms with Crippen molar-refractivity contribution in [2.24, 2.45) is 0 Å². The third kappa shape index (κ3) is 1.65. The van der Waals surface area contributed by atoms with E-state index >= 15 is 0 Å². The summed E-state index contributed by atoms with van der Waals surface area (Å²) < 4.78 is 0. The van der Waals surface area contributed by atoms with E-state index in [0.29, 0.717) is 11.4 Å². The van der Waals surface area contributed by atoms with Gasteiger partial charge in [-0.2, -0.15) is 0 Å². The largest absolute Gasteiger partial charge is 0.297 e. The molecular formula is C10H11ClN2O. The van der Waals surface area contributed by atoms with Crippen LogP contribution in [0.4, 0.5) is 0 Å². The van der Waals surface area contributed by atoms with Gasteiger partial charge in [0.1, 0.15) is 0 Å². The van der Waals surface area contributed by atoms with Crippen LogP contribution in [-0.2, 0) is 4.79 Å². The Balaban J connectivity index is 2.34. The van der Waals surface area contributed by atoms with Crippen LogP contribution in [-0.4, -0.2) is 29.3 Å². The van der Waals surface area contributed by atoms with Crippen LogP contribution in [0.15, 0.2) is 18.5 Å². The molecule has 1 aromatic heterocycles. The summed E-state index contributed by atoms with van der Waals surface area (Å²) in [6.07, 6.45) is 3.90. The Kier molecular flexibility index (Phi) is 2.52. The SMILES string of the molecule is CN1CCC(=O)[C@@H]1c1cncc(Cl)c1. The van der Waals surface area contributed by atoms with Gasteiger partial charge in [0.15, 0.2) is 5.78 Å². The van der Waals surface area contributed by atoms with E-state index < -0.39 is 0 Å². The van der Waals surface area contributed by atoms with Gasteiger partial charge in [-0.15, -0.1) is 0 Å². The summed E-state index contributed by atoms with van der Waals surface area (Å²) in [5.74, 6) is 0.247. The minimum absolute atomic E-state index is 0.152. The van der Waals surface area contributed by atoms with Crippen molar-refractivity contribution in [2.45, 2.75) is 12.5 Å². The quantitative estimate of drug-likeness (QED) is 0.707. The Bertz CT molecular complexity index is 367. The van der Waals surface area contributed by atoms with Crippen LogP contribution in [0.1, 0.15) is 18.0 Å². The molecule has 0 radical (unpaired) electrons. The predicted octanol–water partition coefficient (Wildman–Crippen LogP) is 1.68. The molecular weight excluding hydrogens is 200 g/mol. The van der Waals surface area contributed by atoms with Crippen LogP contribution in [0.5, 0.6) is 0 Å². The molecule has 74 valence electrons. The van der Waals surface area contributed by atoms with Gasteiger partial charge in [0.25, 0.3) is 0 Å². The van der Waals surface area contributed by atoms with Gasteiger partial charge in [-0.05, 0) is 18.7 Å². The maximum Gasteiger partial charge on any atom is 0.155 e. The summed E-state index contributed by atoms with van der Waals surface area (Å²) in [6, 6.07) is 1.65. The average molecular weight is 211 g/mol. The normalized spacial score (nSPS) is 23.0. The number of pyridine rings is 1. The first-order valence-corrected chi connectivity index (χ1v) is 4.89. The predicted molar refractivity (Wildman–Crippen MR) is 54.2 cm³/mol. The van der Waals surface area contributed by atoms with Gasteiger partial charge in [0.05, 0.1) is 11.1 Å². The van der Waals surface area contributed by atoms with Crippen molar-refractivity contribution < 1.29 is 4.79 Å². The summed E-state index contributed by atoms with van der Waals surface area (Å²) in [5.41, 5.74) is 0.891. The first-order chi connectivity index (χ1) is 6.68. The molecule has 0 N–H and O–H groups in total. The molecule has 1 aliphatic heterocycles. The minimum atomic E-state index is -0.152. The molecule has 0 saturated carbocycles. The smallest absolute Gasteiger partial charge is 0.155 e. The molecule has 0 aromatic carbocycles. The number of hydrogen-bond donors (Lipinski definition) is 0. The molecule has 0 amide bonds. The molecule has 0 bridgehead atoms. The number of Topliss-reactive ketones (excluding diaryl/α,β-unsaturated/α-hetero) is 1. The third-order valence-electron chi connectivity index (χ3n) is 2.50. The minimum Gasteiger partial charge on any atom is -0.297 e. The number of hydrogen-bond acceptors (Lipinski definition) is 3. The molecule has 1 saturated heterocycles. The van der Waals surface area contributed by atoms with Crippen LogP contribution in [0.3, 0.4) is 0 Å². The molecule has 3 nitrogen and oxygen atoms in total. The number of nitrogens with zero attached hydrogens (tertiary/aromatic N) is 2. The van der Waals surface area contributed by atoms with E-state index in [0.717, 1.165) is 12.1 Å². The van der Waals surface area contributed by atoms with Crippen LogP contribution in [0.25, 0.3) is 0 Å². The van der Waals surface area contributed by atoms with E-state index in [1.165, 1.54) is 0 Å². The Hall–Kier alpha value is -0.930. The lowest BCUT2D eigenvalue weighted by Gasteiger charge is -2.17. The van der Waals surface area contributed by atoms with Crippen LogP contribution < -0.4 is 0 Å². The van der Waals surface area contributed by atoms with Gasteiger partial charge in [-0.25, -0.2) is 0 Å². The number of likely N-dealkylation sites (tertiary alicyclic amines) is 1. The van der Waals surface area contributed by atoms with Crippen molar-refractivity contribution in [3.63, 3.8) is 0 Å². The molecule has 0 aliphatic carbocycles. The second kappa shape index (κ2) is 3.67. The summed E-state index contributed by atoms with van der Waals surface area (Å²) in [4.78, 5) is 17.6. The van der Waals surface area contributed by atoms with Crippen LogP contribution in [0.2, 0.25) is 5.02 Å². The standard InChI is InChI=1S/C10H11ClN2O/c1-13-3-2-9(14)10(13)7-4-8(11)6-12-5-7/h4-6,10H,2-3H2,1H3/t10-/m0/s1. The number of carbonyl (C=O) groups excluding carboxylic acids is 1. The second-order valence-electron chi connectivity index (χ2n) is 3.54. The highest BCUT2D eigenvalue weighted by Crippen LogP contribution is 2.27. The molecule has 1 fully saturated rings. The number of rotatable bonds is 1. The second-order valence-corrected chi connectivity index (χ2v) is 3.97. The first-order valence-electron chi connectivity index (χ1n) is 4.52. The van der Waals surface area contributed by atoms with Gasteiger partial charge in [-0.1, -0.05) is 11.6 Å². The summed E-state index contributed by atoms with van der Waals surface area (Å²) in [7, 11) is 1.94. The fourth-order valence-corrected chi connectivity index (χ4v) is 2.00. The molecule has 1 atom stereocenters. The summed E-state index contributed by atoms with van der Waals surface area (Å²) >= 11 is 5.83. The fourth-order valence-electron chi connectivity index (χ4n) is 1.82. The molecule has 4 heteroatoms. The van der Waals surface area contributed by atoms with E-state index in [-0.39, 0.29) is 11.8 Å². The average Bonchev–Trinajstić information content (AvgIpc) is 2.46. The van der Waals surface area contributed by atoms with Crippen molar-refractivity contribution in [1.29, 1.82) is 0 Å². The van der Waals surface area contributed by atoms with Crippen molar-refractivity contribution in [2.75, 3.05) is 13.6 Å². The Morgan fingerprint density at radius 1 is 1.57 bits per heavy atom. The number of halogens is 1. The third-order valence-corrected chi connectivity index (χ3v) is 2.71. The first kappa shape index (κ1) is 9.62. The van der Waals surface area contributed by atoms with Crippen LogP contribution in [0, 0.1) is 0 Å². The summed E-state index contributed by atoms with van der Waals surface area (Å²) in [6.45, 7) is 0.815. The topological polar surface area (TPSA) is 33.2 Å². The van der Waals surface area contributed by atoms with E-state index in [1.54, 1.807) is 18.5 Å². The van der Waals surface area contributed by atoms with Gasteiger partial charge >= 0.3 is 0 Å². The molecule has 1 aromatic rings. The van der Waals surface area contributed by atoms with Crippen molar-refractivity contribution in [1.82, 2.24) is 9.88 Å². The highest BCUT2D eigenvalue weighted by Gasteiger charge is 2.31. The lowest BCUT2D eigenvalue weighted by molar-refractivity contribution is -0.119. The fraction of sp³-hybridized carbons (Fsp3) is 0.400. The zero-order valence-electron chi connectivity index (χ0n) is 7.90. The summed E-state index contributed by atoms with van der Waals surface area (Å²) in [5, 5.41) is 0.579. The van der Waals surface area contributed by atoms with Gasteiger partial charge < -0.3 is 0 Å². The molecule has 0 unspecified atom stereocenters. The molecule has 14 heavy (non-hydrogen) atoms. The molecule has 0 spiro atoms. The number of carbonyl (C=O) groups is 1. The van der Waals surface area contributed by atoms with Gasteiger partial charge in [0, 0.05) is 25.4 Å². The number of likely N-dealkylation sites (N-methyl/N-ethyl adjacent to an activating group) is 1. The van der Waals surface area contributed by atoms with E-state index in [9.17, 15) is 4.79 Å². The van der Waals surface area contributed by atoms with Crippen molar-refractivity contribution in [3.8, 4) is 0 Å². The highest BCUT2D eigenvalue weighted by molar-refractivity contribution is 6.30. The zero-order valence-corrected chi connectivity index (χ0v) is 8.66. The Labute approximate surface area is 87.7 Å². The van der Waals surface area contributed by atoms with E-state index in [2.05, 4.69) is 4.98 Å². The number of aromatic nitrogens is 1. The highest BCUT2D eigenvalue weighted by atomic mass is 35.5. The lowest BCUT2D eigenvalue weighted by Crippen LogP contribution is -2.21. The Morgan fingerprint density at radius 2 is 2.36 bits per heavy atom. The van der Waals surface area contributed by atoms with Gasteiger partial charge in [-0.3, -0.25) is 14.7 Å². The van der Waals surface area contributed by atoms with E-state index in [1.807, 2.05) is 11.9 Å².